The van der Waals surface area contributed by atoms with Crippen molar-refractivity contribution < 1.29 is 13.5 Å². The average Bonchev–Trinajstić information content (AvgIpc) is 2.57. The summed E-state index contributed by atoms with van der Waals surface area (Å²) in [7, 11) is 0. The van der Waals surface area contributed by atoms with Crippen molar-refractivity contribution in [1.82, 2.24) is 4.90 Å². The molecule has 0 unspecified atom stereocenters. The van der Waals surface area contributed by atoms with E-state index in [1.165, 1.54) is 0 Å². The van der Waals surface area contributed by atoms with E-state index in [1.54, 1.807) is 12.1 Å². The normalized spacial score (nSPS) is 23.4. The monoisotopic (exact) mass is 327 g/mol. The number of hydrogen-bond donors (Lipinski definition) is 0. The molecule has 1 saturated heterocycles. The summed E-state index contributed by atoms with van der Waals surface area (Å²) >= 11 is 0.729. The first kappa shape index (κ1) is 16.2. The molecule has 0 bridgehead atoms. The predicted molar refractivity (Wildman–Crippen MR) is 85.5 cm³/mol. The fourth-order valence-corrected chi connectivity index (χ4v) is 4.76. The van der Waals surface area contributed by atoms with Crippen LogP contribution in [-0.4, -0.2) is 42.0 Å². The minimum atomic E-state index is -2.79. The third-order valence-corrected chi connectivity index (χ3v) is 5.97. The predicted octanol–water partition coefficient (Wildman–Crippen LogP) is 4.41. The van der Waals surface area contributed by atoms with Gasteiger partial charge in [0.2, 0.25) is 0 Å². The number of benzene rings is 1. The average molecular weight is 327 g/mol. The molecule has 3 rings (SSSR count). The van der Waals surface area contributed by atoms with Gasteiger partial charge in [-0.15, -0.1) is 0 Å². The topological polar surface area (TPSA) is 12.5 Å². The molecular formula is C17H23F2NOS. The molecule has 2 fully saturated rings. The van der Waals surface area contributed by atoms with Crippen molar-refractivity contribution in [3.8, 4) is 0 Å². The van der Waals surface area contributed by atoms with Crippen molar-refractivity contribution in [3.05, 3.63) is 30.3 Å². The maximum absolute atomic E-state index is 15.3. The van der Waals surface area contributed by atoms with Crippen molar-refractivity contribution in [2.45, 2.75) is 47.8 Å². The zero-order valence-corrected chi connectivity index (χ0v) is 13.6. The fraction of sp³-hybridized carbons (Fsp3) is 0.647. The highest BCUT2D eigenvalue weighted by Crippen LogP contribution is 2.52. The van der Waals surface area contributed by atoms with Gasteiger partial charge in [-0.05, 0) is 25.0 Å². The summed E-state index contributed by atoms with van der Waals surface area (Å²) in [5.74, 6) is 0. The van der Waals surface area contributed by atoms with Gasteiger partial charge in [-0.25, -0.2) is 0 Å². The van der Waals surface area contributed by atoms with Gasteiger partial charge in [-0.2, -0.15) is 8.78 Å². The molecule has 0 aromatic heterocycles. The Labute approximate surface area is 135 Å². The van der Waals surface area contributed by atoms with E-state index in [9.17, 15) is 0 Å². The zero-order valence-electron chi connectivity index (χ0n) is 12.8. The summed E-state index contributed by atoms with van der Waals surface area (Å²) in [6.45, 7) is 2.36. The zero-order chi connectivity index (χ0) is 15.5. The van der Waals surface area contributed by atoms with Crippen LogP contribution < -0.4 is 0 Å². The van der Waals surface area contributed by atoms with Crippen molar-refractivity contribution >= 4 is 11.8 Å². The summed E-state index contributed by atoms with van der Waals surface area (Å²) in [5.41, 5.74) is -1.02. The highest BCUT2D eigenvalue weighted by Gasteiger charge is 2.57. The second-order valence-electron chi connectivity index (χ2n) is 6.12. The molecule has 0 spiro atoms. The number of rotatable bonds is 4. The summed E-state index contributed by atoms with van der Waals surface area (Å²) < 4.78 is 36.0. The van der Waals surface area contributed by atoms with E-state index in [0.717, 1.165) is 31.0 Å². The number of thioether (sulfide) groups is 1. The number of halogens is 2. The van der Waals surface area contributed by atoms with Crippen LogP contribution >= 0.6 is 11.8 Å². The quantitative estimate of drug-likeness (QED) is 0.760. The van der Waals surface area contributed by atoms with Crippen LogP contribution in [0, 0.1) is 0 Å². The summed E-state index contributed by atoms with van der Waals surface area (Å²) in [6, 6.07) is 9.05. The summed E-state index contributed by atoms with van der Waals surface area (Å²) in [6.07, 6.45) is 4.02. The smallest absolute Gasteiger partial charge is 0.316 e. The lowest BCUT2D eigenvalue weighted by Crippen LogP contribution is -2.62. The van der Waals surface area contributed by atoms with Crippen LogP contribution in [0.3, 0.4) is 0 Å². The Bertz CT molecular complexity index is 471. The minimum Gasteiger partial charge on any atom is -0.379 e. The van der Waals surface area contributed by atoms with Crippen LogP contribution in [-0.2, 0) is 4.74 Å². The first-order chi connectivity index (χ1) is 10.6. The first-order valence-corrected chi connectivity index (χ1v) is 8.90. The largest absolute Gasteiger partial charge is 0.379 e. The summed E-state index contributed by atoms with van der Waals surface area (Å²) in [4.78, 5) is 2.65. The number of morpholine rings is 1. The Kier molecular flexibility index (Phi) is 5.05. The number of ether oxygens (including phenoxy) is 1. The summed E-state index contributed by atoms with van der Waals surface area (Å²) in [5, 5.41) is -2.79. The highest BCUT2D eigenvalue weighted by atomic mass is 32.2. The molecule has 1 aliphatic heterocycles. The van der Waals surface area contributed by atoms with Gasteiger partial charge >= 0.3 is 5.25 Å². The van der Waals surface area contributed by atoms with Gasteiger partial charge in [0.1, 0.15) is 0 Å². The molecule has 1 aliphatic carbocycles. The second kappa shape index (κ2) is 6.85. The van der Waals surface area contributed by atoms with Gasteiger partial charge in [-0.3, -0.25) is 4.90 Å². The first-order valence-electron chi connectivity index (χ1n) is 8.09. The van der Waals surface area contributed by atoms with E-state index < -0.39 is 10.8 Å². The Morgan fingerprint density at radius 3 is 2.27 bits per heavy atom. The molecule has 1 saturated carbocycles. The van der Waals surface area contributed by atoms with Crippen LogP contribution in [0.5, 0.6) is 0 Å². The van der Waals surface area contributed by atoms with Gasteiger partial charge in [0.05, 0.1) is 18.8 Å². The Morgan fingerprint density at radius 2 is 1.64 bits per heavy atom. The van der Waals surface area contributed by atoms with Crippen LogP contribution in [0.25, 0.3) is 0 Å². The van der Waals surface area contributed by atoms with Crippen molar-refractivity contribution in [2.24, 2.45) is 0 Å². The maximum Gasteiger partial charge on any atom is 0.316 e. The minimum absolute atomic E-state index is 0.563. The van der Waals surface area contributed by atoms with E-state index >= 15 is 8.78 Å². The van der Waals surface area contributed by atoms with Crippen molar-refractivity contribution in [2.75, 3.05) is 26.3 Å². The number of hydrogen-bond acceptors (Lipinski definition) is 3. The molecule has 0 atom stereocenters. The third kappa shape index (κ3) is 3.17. The van der Waals surface area contributed by atoms with Gasteiger partial charge in [0.25, 0.3) is 0 Å². The molecule has 2 aliphatic rings. The van der Waals surface area contributed by atoms with Crippen LogP contribution in [0.15, 0.2) is 35.2 Å². The molecule has 2 nitrogen and oxygen atoms in total. The van der Waals surface area contributed by atoms with E-state index in [1.807, 2.05) is 23.1 Å². The van der Waals surface area contributed by atoms with Crippen LogP contribution in [0.1, 0.15) is 32.1 Å². The maximum atomic E-state index is 15.3. The molecule has 22 heavy (non-hydrogen) atoms. The molecule has 0 radical (unpaired) electrons. The lowest BCUT2D eigenvalue weighted by atomic mass is 9.80. The molecule has 0 amide bonds. The molecular weight excluding hydrogens is 304 g/mol. The SMILES string of the molecule is FC(F)(Sc1ccccc1)C1(N2CCOCC2)CCCCC1. The van der Waals surface area contributed by atoms with Gasteiger partial charge in [0, 0.05) is 18.0 Å². The third-order valence-electron chi connectivity index (χ3n) is 4.83. The van der Waals surface area contributed by atoms with E-state index in [4.69, 9.17) is 4.74 Å². The van der Waals surface area contributed by atoms with Gasteiger partial charge < -0.3 is 4.74 Å². The van der Waals surface area contributed by atoms with Gasteiger partial charge in [0.15, 0.2) is 0 Å². The molecule has 1 heterocycles. The molecule has 122 valence electrons. The second-order valence-corrected chi connectivity index (χ2v) is 7.31. The highest BCUT2D eigenvalue weighted by molar-refractivity contribution is 8.00. The van der Waals surface area contributed by atoms with Crippen molar-refractivity contribution in [3.63, 3.8) is 0 Å². The standard InChI is InChI=1S/C17H23F2NOS/c18-17(19,22-15-7-3-1-4-8-15)16(9-5-2-6-10-16)20-11-13-21-14-12-20/h1,3-4,7-8H,2,5-6,9-14H2. The van der Waals surface area contributed by atoms with Crippen LogP contribution in [0.2, 0.25) is 0 Å². The Balaban J connectivity index is 1.86. The van der Waals surface area contributed by atoms with Gasteiger partial charge in [-0.1, -0.05) is 49.2 Å². The molecule has 1 aromatic carbocycles. The van der Waals surface area contributed by atoms with E-state index in [0.29, 0.717) is 44.0 Å². The van der Waals surface area contributed by atoms with E-state index in [2.05, 4.69) is 0 Å². The molecule has 0 N–H and O–H groups in total. The Morgan fingerprint density at radius 1 is 1.00 bits per heavy atom. The van der Waals surface area contributed by atoms with Crippen LogP contribution in [0.4, 0.5) is 8.78 Å². The fourth-order valence-electron chi connectivity index (χ4n) is 3.65. The lowest BCUT2D eigenvalue weighted by molar-refractivity contribution is -0.127. The number of nitrogens with zero attached hydrogens (tertiary/aromatic N) is 1. The number of alkyl halides is 2. The molecule has 1 aromatic rings. The van der Waals surface area contributed by atoms with Crippen molar-refractivity contribution in [1.29, 1.82) is 0 Å². The van der Waals surface area contributed by atoms with E-state index in [-0.39, 0.29) is 0 Å². The molecule has 5 heteroatoms. The lowest BCUT2D eigenvalue weighted by Gasteiger charge is -2.51. The Hall–Kier alpha value is -0.650.